The summed E-state index contributed by atoms with van der Waals surface area (Å²) in [4.78, 5) is 15.9. The van der Waals surface area contributed by atoms with Crippen molar-refractivity contribution in [2.75, 3.05) is 14.2 Å². The first-order valence-corrected chi connectivity index (χ1v) is 6.25. The number of carbonyl (C=O) groups excluding carboxylic acids is 1. The molecule has 0 saturated carbocycles. The molecule has 0 fully saturated rings. The van der Waals surface area contributed by atoms with Crippen molar-refractivity contribution >= 4 is 28.6 Å². The summed E-state index contributed by atoms with van der Waals surface area (Å²) in [6.07, 6.45) is 0. The van der Waals surface area contributed by atoms with Crippen molar-refractivity contribution in [1.82, 2.24) is 9.55 Å². The number of fused-ring (bicyclic) bond motifs is 1. The summed E-state index contributed by atoms with van der Waals surface area (Å²) in [7, 11) is 2.94. The van der Waals surface area contributed by atoms with Gasteiger partial charge < -0.3 is 14.0 Å². The summed E-state index contributed by atoms with van der Waals surface area (Å²) in [5.74, 6) is 0.989. The molecule has 1 aromatic heterocycles. The molecular weight excluding hydrogens is 268 g/mol. The van der Waals surface area contributed by atoms with Gasteiger partial charge in [0.05, 0.1) is 30.6 Å². The largest absolute Gasteiger partial charge is 0.497 e. The minimum Gasteiger partial charge on any atom is -0.497 e. The minimum absolute atomic E-state index is 0.0760. The average Bonchev–Trinajstić information content (AvgIpc) is 2.76. The molecule has 0 aliphatic carbocycles. The Morgan fingerprint density at radius 3 is 2.79 bits per heavy atom. The van der Waals surface area contributed by atoms with E-state index in [1.165, 1.54) is 7.11 Å². The van der Waals surface area contributed by atoms with Gasteiger partial charge in [0.25, 0.3) is 0 Å². The molecule has 0 spiro atoms. The van der Waals surface area contributed by atoms with E-state index in [1.54, 1.807) is 11.7 Å². The van der Waals surface area contributed by atoms with E-state index in [0.29, 0.717) is 11.6 Å². The first kappa shape index (κ1) is 13.7. The van der Waals surface area contributed by atoms with Crippen LogP contribution in [0.25, 0.3) is 11.0 Å². The van der Waals surface area contributed by atoms with Gasteiger partial charge >= 0.3 is 5.97 Å². The van der Waals surface area contributed by atoms with Crippen molar-refractivity contribution in [3.8, 4) is 5.75 Å². The number of rotatable bonds is 4. The van der Waals surface area contributed by atoms with Crippen LogP contribution in [-0.2, 0) is 16.1 Å². The van der Waals surface area contributed by atoms with Gasteiger partial charge in [0.15, 0.2) is 0 Å². The lowest BCUT2D eigenvalue weighted by molar-refractivity contribution is -0.141. The number of hydrogen-bond donors (Lipinski definition) is 0. The van der Waals surface area contributed by atoms with E-state index in [-0.39, 0.29) is 17.9 Å². The fourth-order valence-corrected chi connectivity index (χ4v) is 2.08. The topological polar surface area (TPSA) is 53.4 Å². The number of imidazole rings is 1. The Morgan fingerprint density at radius 1 is 1.47 bits per heavy atom. The highest BCUT2D eigenvalue weighted by Crippen LogP contribution is 2.27. The van der Waals surface area contributed by atoms with Gasteiger partial charge in [-0.1, -0.05) is 0 Å². The van der Waals surface area contributed by atoms with Crippen LogP contribution in [0.5, 0.6) is 5.75 Å². The fraction of sp³-hybridized carbons (Fsp3) is 0.385. The number of methoxy groups -OCH3 is 2. The second-order valence-electron chi connectivity index (χ2n) is 4.10. The van der Waals surface area contributed by atoms with Gasteiger partial charge in [-0.05, 0) is 19.1 Å². The third kappa shape index (κ3) is 2.66. The van der Waals surface area contributed by atoms with Gasteiger partial charge in [0.1, 0.15) is 18.1 Å². The zero-order valence-electron chi connectivity index (χ0n) is 11.0. The van der Waals surface area contributed by atoms with Crippen LogP contribution in [0.1, 0.15) is 18.1 Å². The van der Waals surface area contributed by atoms with E-state index >= 15 is 0 Å². The number of alkyl halides is 1. The lowest BCUT2D eigenvalue weighted by Crippen LogP contribution is -2.14. The summed E-state index contributed by atoms with van der Waals surface area (Å²) >= 11 is 6.11. The molecule has 0 aliphatic rings. The number of nitrogens with zero attached hydrogens (tertiary/aromatic N) is 2. The van der Waals surface area contributed by atoms with E-state index in [9.17, 15) is 4.79 Å². The zero-order valence-corrected chi connectivity index (χ0v) is 11.8. The Morgan fingerprint density at radius 2 is 2.21 bits per heavy atom. The fourth-order valence-electron chi connectivity index (χ4n) is 1.91. The summed E-state index contributed by atoms with van der Waals surface area (Å²) in [6, 6.07) is 5.49. The SMILES string of the molecule is COC(=O)Cn1c(C(C)Cl)nc2ccc(OC)cc21. The number of esters is 1. The molecule has 6 heteroatoms. The molecule has 2 rings (SSSR count). The van der Waals surface area contributed by atoms with Gasteiger partial charge in [-0.15, -0.1) is 11.6 Å². The van der Waals surface area contributed by atoms with Crippen LogP contribution in [0.2, 0.25) is 0 Å². The number of aromatic nitrogens is 2. The Balaban J connectivity index is 2.59. The van der Waals surface area contributed by atoms with E-state index in [0.717, 1.165) is 11.0 Å². The van der Waals surface area contributed by atoms with Crippen LogP contribution in [0.4, 0.5) is 0 Å². The molecule has 1 heterocycles. The molecule has 5 nitrogen and oxygen atoms in total. The predicted molar refractivity (Wildman–Crippen MR) is 72.6 cm³/mol. The van der Waals surface area contributed by atoms with Crippen LogP contribution in [0.15, 0.2) is 18.2 Å². The van der Waals surface area contributed by atoms with Gasteiger partial charge in [-0.3, -0.25) is 4.79 Å². The van der Waals surface area contributed by atoms with Gasteiger partial charge in [0.2, 0.25) is 0 Å². The maximum absolute atomic E-state index is 11.5. The summed E-state index contributed by atoms with van der Waals surface area (Å²) < 4.78 is 11.6. The molecule has 2 aromatic rings. The molecule has 0 radical (unpaired) electrons. The van der Waals surface area contributed by atoms with Crippen LogP contribution < -0.4 is 4.74 Å². The Kier molecular flexibility index (Phi) is 3.95. The van der Waals surface area contributed by atoms with Crippen molar-refractivity contribution in [3.05, 3.63) is 24.0 Å². The van der Waals surface area contributed by atoms with Gasteiger partial charge in [0, 0.05) is 6.07 Å². The predicted octanol–water partition coefficient (Wildman–Crippen LogP) is 2.52. The molecule has 1 unspecified atom stereocenters. The van der Waals surface area contributed by atoms with Crippen molar-refractivity contribution in [1.29, 1.82) is 0 Å². The number of ether oxygens (including phenoxy) is 2. The first-order valence-electron chi connectivity index (χ1n) is 5.82. The Labute approximate surface area is 116 Å². The molecule has 0 aliphatic heterocycles. The second kappa shape index (κ2) is 5.48. The molecule has 0 saturated heterocycles. The molecule has 19 heavy (non-hydrogen) atoms. The summed E-state index contributed by atoms with van der Waals surface area (Å²) in [6.45, 7) is 1.89. The van der Waals surface area contributed by atoms with Crippen LogP contribution in [0, 0.1) is 0 Å². The standard InChI is InChI=1S/C13H15ClN2O3/c1-8(14)13-15-10-5-4-9(18-2)6-11(10)16(13)7-12(17)19-3/h4-6,8H,7H2,1-3H3. The quantitative estimate of drug-likeness (QED) is 0.639. The van der Waals surface area contributed by atoms with Crippen molar-refractivity contribution in [2.45, 2.75) is 18.8 Å². The maximum atomic E-state index is 11.5. The van der Waals surface area contributed by atoms with Crippen molar-refractivity contribution < 1.29 is 14.3 Å². The molecule has 0 amide bonds. The van der Waals surface area contributed by atoms with E-state index in [2.05, 4.69) is 4.98 Å². The Hall–Kier alpha value is -1.75. The Bertz CT molecular complexity index is 607. The van der Waals surface area contributed by atoms with E-state index in [4.69, 9.17) is 21.1 Å². The lowest BCUT2D eigenvalue weighted by Gasteiger charge is -2.09. The second-order valence-corrected chi connectivity index (χ2v) is 4.76. The molecular formula is C13H15ClN2O3. The van der Waals surface area contributed by atoms with Crippen LogP contribution in [-0.4, -0.2) is 29.7 Å². The normalized spacial score (nSPS) is 12.4. The number of halogens is 1. The van der Waals surface area contributed by atoms with E-state index in [1.807, 2.05) is 25.1 Å². The maximum Gasteiger partial charge on any atom is 0.325 e. The van der Waals surface area contributed by atoms with Crippen molar-refractivity contribution in [2.24, 2.45) is 0 Å². The van der Waals surface area contributed by atoms with Gasteiger partial charge in [-0.25, -0.2) is 4.98 Å². The third-order valence-corrected chi connectivity index (χ3v) is 3.05. The highest BCUT2D eigenvalue weighted by molar-refractivity contribution is 6.20. The van der Waals surface area contributed by atoms with Crippen LogP contribution in [0.3, 0.4) is 0 Å². The third-order valence-electron chi connectivity index (χ3n) is 2.86. The number of hydrogen-bond acceptors (Lipinski definition) is 4. The monoisotopic (exact) mass is 282 g/mol. The molecule has 102 valence electrons. The minimum atomic E-state index is -0.347. The summed E-state index contributed by atoms with van der Waals surface area (Å²) in [5, 5.41) is -0.303. The molecule has 0 N–H and O–H groups in total. The lowest BCUT2D eigenvalue weighted by atomic mass is 10.3. The van der Waals surface area contributed by atoms with E-state index < -0.39 is 0 Å². The number of benzene rings is 1. The van der Waals surface area contributed by atoms with Crippen LogP contribution >= 0.6 is 11.6 Å². The smallest absolute Gasteiger partial charge is 0.325 e. The highest BCUT2D eigenvalue weighted by atomic mass is 35.5. The van der Waals surface area contributed by atoms with Gasteiger partial charge in [-0.2, -0.15) is 0 Å². The van der Waals surface area contributed by atoms with Crippen molar-refractivity contribution in [3.63, 3.8) is 0 Å². The molecule has 1 aromatic carbocycles. The summed E-state index contributed by atoms with van der Waals surface area (Å²) in [5.41, 5.74) is 1.57. The number of carbonyl (C=O) groups is 1. The zero-order chi connectivity index (χ0) is 14.0. The molecule has 1 atom stereocenters. The highest BCUT2D eigenvalue weighted by Gasteiger charge is 2.17. The molecule has 0 bridgehead atoms. The average molecular weight is 283 g/mol. The first-order chi connectivity index (χ1) is 9.06.